The molecule has 11 rings (SSSR count). The molecule has 0 spiro atoms. The molecule has 4 aromatic heterocycles. The quantitative estimate of drug-likeness (QED) is 0.170. The van der Waals surface area contributed by atoms with E-state index in [0.29, 0.717) is 0 Å². The van der Waals surface area contributed by atoms with E-state index in [1.807, 2.05) is 24.4 Å². The van der Waals surface area contributed by atoms with Crippen molar-refractivity contribution < 1.29 is 4.74 Å². The van der Waals surface area contributed by atoms with Crippen molar-refractivity contribution >= 4 is 65.3 Å². The van der Waals surface area contributed by atoms with Crippen molar-refractivity contribution in [3.8, 4) is 34.3 Å². The number of para-hydroxylation sites is 4. The van der Waals surface area contributed by atoms with Crippen LogP contribution in [0, 0.1) is 0 Å². The topological polar surface area (TPSA) is 44.9 Å². The largest absolute Gasteiger partial charge is 0.457 e. The zero-order chi connectivity index (χ0) is 34.9. The van der Waals surface area contributed by atoms with E-state index >= 15 is 0 Å². The van der Waals surface area contributed by atoms with Crippen LogP contribution in [0.15, 0.2) is 182 Å². The van der Waals surface area contributed by atoms with Gasteiger partial charge in [0.15, 0.2) is 0 Å². The fourth-order valence-electron chi connectivity index (χ4n) is 8.10. The number of hydrogen-bond donors (Lipinski definition) is 0. The minimum absolute atomic E-state index is 0.744. The Bertz CT molecular complexity index is 3170. The summed E-state index contributed by atoms with van der Waals surface area (Å²) in [6.45, 7) is 0. The first-order valence-electron chi connectivity index (χ1n) is 17.8. The molecule has 0 bridgehead atoms. The summed E-state index contributed by atoms with van der Waals surface area (Å²) in [5.41, 5.74) is 8.41. The molecule has 0 aliphatic rings. The van der Waals surface area contributed by atoms with Gasteiger partial charge in [-0.15, -0.1) is 0 Å². The third kappa shape index (κ3) is 4.64. The molecule has 0 amide bonds. The third-order valence-corrected chi connectivity index (χ3v) is 10.4. The van der Waals surface area contributed by atoms with E-state index in [1.54, 1.807) is 0 Å². The van der Waals surface area contributed by atoms with Gasteiger partial charge in [0.25, 0.3) is 0 Å². The highest BCUT2D eigenvalue weighted by molar-refractivity contribution is 6.12. The van der Waals surface area contributed by atoms with Gasteiger partial charge < -0.3 is 9.30 Å². The predicted octanol–water partition coefficient (Wildman–Crippen LogP) is 12.4. The van der Waals surface area contributed by atoms with Crippen LogP contribution in [-0.2, 0) is 0 Å². The first-order chi connectivity index (χ1) is 26.3. The van der Waals surface area contributed by atoms with Gasteiger partial charge in [-0.2, -0.15) is 0 Å². The Morgan fingerprint density at radius 2 is 0.981 bits per heavy atom. The number of benzene rings is 7. The summed E-state index contributed by atoms with van der Waals surface area (Å²) in [4.78, 5) is 10.1. The smallest absolute Gasteiger partial charge is 0.139 e. The minimum Gasteiger partial charge on any atom is -0.457 e. The van der Waals surface area contributed by atoms with Crippen LogP contribution in [-0.4, -0.2) is 19.1 Å². The molecule has 5 nitrogen and oxygen atoms in total. The van der Waals surface area contributed by atoms with Gasteiger partial charge in [-0.25, -0.2) is 9.97 Å². The summed E-state index contributed by atoms with van der Waals surface area (Å²) in [6.07, 6.45) is 1.91. The molecule has 7 aromatic carbocycles. The monoisotopic (exact) mass is 678 g/mol. The van der Waals surface area contributed by atoms with E-state index in [4.69, 9.17) is 14.7 Å². The van der Waals surface area contributed by atoms with E-state index in [-0.39, 0.29) is 0 Å². The van der Waals surface area contributed by atoms with Crippen molar-refractivity contribution in [2.45, 2.75) is 0 Å². The Morgan fingerprint density at radius 1 is 0.396 bits per heavy atom. The molecule has 0 saturated carbocycles. The van der Waals surface area contributed by atoms with E-state index in [2.05, 4.69) is 167 Å². The van der Waals surface area contributed by atoms with Crippen molar-refractivity contribution in [3.05, 3.63) is 182 Å². The Balaban J connectivity index is 1.03. The van der Waals surface area contributed by atoms with Gasteiger partial charge in [0.1, 0.15) is 17.3 Å². The van der Waals surface area contributed by atoms with Gasteiger partial charge in [0, 0.05) is 56.2 Å². The zero-order valence-electron chi connectivity index (χ0n) is 28.5. The molecule has 0 saturated heterocycles. The molecule has 5 heteroatoms. The number of rotatable bonds is 5. The van der Waals surface area contributed by atoms with Gasteiger partial charge >= 0.3 is 0 Å². The maximum Gasteiger partial charge on any atom is 0.139 e. The molecular formula is C48H30N4O. The molecule has 0 aliphatic heterocycles. The highest BCUT2D eigenvalue weighted by atomic mass is 16.5. The van der Waals surface area contributed by atoms with Crippen molar-refractivity contribution in [1.82, 2.24) is 19.1 Å². The van der Waals surface area contributed by atoms with Crippen LogP contribution in [0.4, 0.5) is 0 Å². The number of fused-ring (bicyclic) bond motifs is 9. The number of hydrogen-bond acceptors (Lipinski definition) is 3. The Kier molecular flexibility index (Phi) is 6.48. The minimum atomic E-state index is 0.744. The number of pyridine rings is 2. The number of ether oxygens (including phenoxy) is 1. The van der Waals surface area contributed by atoms with Gasteiger partial charge in [-0.1, -0.05) is 109 Å². The fourth-order valence-corrected chi connectivity index (χ4v) is 8.10. The van der Waals surface area contributed by atoms with Gasteiger partial charge in [-0.05, 0) is 60.0 Å². The van der Waals surface area contributed by atoms with Gasteiger partial charge in [-0.3, -0.25) is 4.57 Å². The summed E-state index contributed by atoms with van der Waals surface area (Å²) in [5.74, 6) is 2.33. The molecule has 0 radical (unpaired) electrons. The number of nitrogens with zero attached hydrogens (tertiary/aromatic N) is 4. The summed E-state index contributed by atoms with van der Waals surface area (Å²) in [7, 11) is 0. The molecular weight excluding hydrogens is 649 g/mol. The van der Waals surface area contributed by atoms with Crippen LogP contribution in [0.5, 0.6) is 11.5 Å². The number of aromatic nitrogens is 4. The van der Waals surface area contributed by atoms with E-state index < -0.39 is 0 Å². The standard InChI is InChI=1S/C48H30N4O/c1-2-19-41-35(14-1)36-15-3-7-20-42(36)50-48(41)31-12-11-13-33(28-31)53-34-24-25-40-39-18-6-10-23-45(39)52(46(40)30-34)47-29-32(26-27-49-47)51-43-21-8-4-16-37(43)38-17-5-9-22-44(38)51/h1-30H. The normalized spacial score (nSPS) is 11.8. The summed E-state index contributed by atoms with van der Waals surface area (Å²) < 4.78 is 11.2. The highest BCUT2D eigenvalue weighted by Crippen LogP contribution is 2.38. The van der Waals surface area contributed by atoms with E-state index in [1.165, 1.54) is 16.2 Å². The zero-order valence-corrected chi connectivity index (χ0v) is 28.5. The average Bonchev–Trinajstić information content (AvgIpc) is 3.73. The van der Waals surface area contributed by atoms with Gasteiger partial charge in [0.05, 0.1) is 39.0 Å². The van der Waals surface area contributed by atoms with Crippen molar-refractivity contribution in [2.75, 3.05) is 0 Å². The second kappa shape index (κ2) is 11.7. The summed E-state index contributed by atoms with van der Waals surface area (Å²) in [5, 5.41) is 8.21. The molecule has 0 N–H and O–H groups in total. The SMILES string of the molecule is c1cc(Oc2ccc3c4ccccc4n(-c4cc(-n5c6ccccc6c6ccccc65)ccn4)c3c2)cc(-c2nc3ccccc3c3ccccc23)c1. The average molecular weight is 679 g/mol. The van der Waals surface area contributed by atoms with Crippen molar-refractivity contribution in [3.63, 3.8) is 0 Å². The summed E-state index contributed by atoms with van der Waals surface area (Å²) in [6, 6.07) is 61.3. The lowest BCUT2D eigenvalue weighted by atomic mass is 10.00. The first-order valence-corrected chi connectivity index (χ1v) is 17.8. The van der Waals surface area contributed by atoms with Crippen LogP contribution < -0.4 is 4.74 Å². The maximum absolute atomic E-state index is 6.65. The Labute approximate surface area is 304 Å². The predicted molar refractivity (Wildman–Crippen MR) is 218 cm³/mol. The first kappa shape index (κ1) is 29.5. The lowest BCUT2D eigenvalue weighted by molar-refractivity contribution is 0.483. The van der Waals surface area contributed by atoms with Crippen LogP contribution >= 0.6 is 0 Å². The lowest BCUT2D eigenvalue weighted by Gasteiger charge is -2.13. The molecule has 248 valence electrons. The molecule has 0 fully saturated rings. The molecule has 0 atom stereocenters. The Morgan fingerprint density at radius 3 is 1.72 bits per heavy atom. The van der Waals surface area contributed by atoms with E-state index in [0.717, 1.165) is 83.4 Å². The van der Waals surface area contributed by atoms with Crippen molar-refractivity contribution in [2.24, 2.45) is 0 Å². The van der Waals surface area contributed by atoms with Crippen molar-refractivity contribution in [1.29, 1.82) is 0 Å². The highest BCUT2D eigenvalue weighted by Gasteiger charge is 2.17. The van der Waals surface area contributed by atoms with Crippen LogP contribution in [0.1, 0.15) is 0 Å². The molecule has 11 aromatic rings. The summed E-state index contributed by atoms with van der Waals surface area (Å²) >= 11 is 0. The second-order valence-electron chi connectivity index (χ2n) is 13.4. The lowest BCUT2D eigenvalue weighted by Crippen LogP contribution is -2.01. The van der Waals surface area contributed by atoms with Gasteiger partial charge in [0.2, 0.25) is 0 Å². The molecule has 53 heavy (non-hydrogen) atoms. The Hall–Kier alpha value is -7.24. The van der Waals surface area contributed by atoms with Crippen LogP contribution in [0.3, 0.4) is 0 Å². The fraction of sp³-hybridized carbons (Fsp3) is 0. The third-order valence-electron chi connectivity index (χ3n) is 10.4. The second-order valence-corrected chi connectivity index (χ2v) is 13.4. The molecule has 4 heterocycles. The molecule has 0 unspecified atom stereocenters. The van der Waals surface area contributed by atoms with Crippen LogP contribution in [0.2, 0.25) is 0 Å². The van der Waals surface area contributed by atoms with Crippen LogP contribution in [0.25, 0.3) is 88.0 Å². The maximum atomic E-state index is 6.65. The van der Waals surface area contributed by atoms with E-state index in [9.17, 15) is 0 Å². The molecule has 0 aliphatic carbocycles.